The summed E-state index contributed by atoms with van der Waals surface area (Å²) in [7, 11) is -3.93. The first-order chi connectivity index (χ1) is 15.8. The molecular formula is C22H24Cl2N4O4S. The lowest BCUT2D eigenvalue weighted by atomic mass is 10.1. The van der Waals surface area contributed by atoms with Gasteiger partial charge in [-0.2, -0.15) is 0 Å². The number of aliphatic hydroxyl groups excluding tert-OH is 2. The predicted octanol–water partition coefficient (Wildman–Crippen LogP) is 3.65. The summed E-state index contributed by atoms with van der Waals surface area (Å²) in [5.74, 6) is 0.306. The standard InChI is InChI=1S/C22H24Cl2N4O4S/c1-2-17(12-29)26-22-25-11-19(24)21(27-22)14-6-8-18(9-7-14)33(31,32)28-20(13-30)15-4-3-5-16(23)10-15/h3-11,17,20,28-30H,2,12-13H2,1H3,(H,25,26,27). The number of rotatable bonds is 10. The Morgan fingerprint density at radius 3 is 2.39 bits per heavy atom. The molecule has 1 heterocycles. The molecule has 176 valence electrons. The van der Waals surface area contributed by atoms with Crippen molar-refractivity contribution in [3.63, 3.8) is 0 Å². The molecule has 3 aromatic rings. The van der Waals surface area contributed by atoms with Gasteiger partial charge in [0.25, 0.3) is 0 Å². The molecule has 1 aromatic heterocycles. The van der Waals surface area contributed by atoms with Gasteiger partial charge in [0.15, 0.2) is 0 Å². The largest absolute Gasteiger partial charge is 0.394 e. The molecule has 3 rings (SSSR count). The Morgan fingerprint density at radius 1 is 1.06 bits per heavy atom. The Bertz CT molecular complexity index is 1190. The maximum absolute atomic E-state index is 12.9. The Kier molecular flexibility index (Phi) is 8.63. The molecule has 0 aliphatic carbocycles. The number of aliphatic hydroxyl groups is 2. The Labute approximate surface area is 202 Å². The number of sulfonamides is 1. The number of halogens is 2. The number of benzene rings is 2. The first-order valence-electron chi connectivity index (χ1n) is 10.2. The van der Waals surface area contributed by atoms with Gasteiger partial charge in [0.1, 0.15) is 0 Å². The van der Waals surface area contributed by atoms with Crippen LogP contribution in [-0.4, -0.2) is 47.9 Å². The fourth-order valence-corrected chi connectivity index (χ4v) is 4.69. The first kappa shape index (κ1) is 25.4. The van der Waals surface area contributed by atoms with Gasteiger partial charge in [-0.1, -0.05) is 54.4 Å². The van der Waals surface area contributed by atoms with Crippen molar-refractivity contribution < 1.29 is 18.6 Å². The van der Waals surface area contributed by atoms with Crippen LogP contribution in [0.1, 0.15) is 24.9 Å². The highest BCUT2D eigenvalue weighted by molar-refractivity contribution is 7.89. The molecular weight excluding hydrogens is 487 g/mol. The summed E-state index contributed by atoms with van der Waals surface area (Å²) in [6.45, 7) is 1.42. The lowest BCUT2D eigenvalue weighted by Crippen LogP contribution is -2.30. The monoisotopic (exact) mass is 510 g/mol. The van der Waals surface area contributed by atoms with Crippen molar-refractivity contribution in [2.24, 2.45) is 0 Å². The van der Waals surface area contributed by atoms with Crippen molar-refractivity contribution in [2.45, 2.75) is 30.3 Å². The average Bonchev–Trinajstić information content (AvgIpc) is 2.82. The molecule has 0 radical (unpaired) electrons. The normalized spacial score (nSPS) is 13.5. The average molecular weight is 511 g/mol. The van der Waals surface area contributed by atoms with E-state index in [1.807, 2.05) is 6.92 Å². The van der Waals surface area contributed by atoms with Crippen molar-refractivity contribution >= 4 is 39.2 Å². The second kappa shape index (κ2) is 11.2. The molecule has 0 fully saturated rings. The minimum Gasteiger partial charge on any atom is -0.394 e. The summed E-state index contributed by atoms with van der Waals surface area (Å²) in [5.41, 5.74) is 1.56. The summed E-state index contributed by atoms with van der Waals surface area (Å²) in [6.07, 6.45) is 2.13. The zero-order valence-electron chi connectivity index (χ0n) is 17.7. The number of aromatic nitrogens is 2. The molecule has 2 unspecified atom stereocenters. The summed E-state index contributed by atoms with van der Waals surface area (Å²) in [6, 6.07) is 11.6. The summed E-state index contributed by atoms with van der Waals surface area (Å²) < 4.78 is 28.2. The minimum atomic E-state index is -3.93. The molecule has 4 N–H and O–H groups in total. The molecule has 33 heavy (non-hydrogen) atoms. The number of anilines is 1. The highest BCUT2D eigenvalue weighted by Crippen LogP contribution is 2.28. The second-order valence-electron chi connectivity index (χ2n) is 7.26. The maximum Gasteiger partial charge on any atom is 0.241 e. The van der Waals surface area contributed by atoms with Crippen LogP contribution in [0.25, 0.3) is 11.3 Å². The van der Waals surface area contributed by atoms with Gasteiger partial charge < -0.3 is 15.5 Å². The summed E-state index contributed by atoms with van der Waals surface area (Å²) in [4.78, 5) is 8.55. The van der Waals surface area contributed by atoms with E-state index in [-0.39, 0.29) is 17.5 Å². The lowest BCUT2D eigenvalue weighted by Gasteiger charge is -2.17. The Balaban J connectivity index is 1.83. The van der Waals surface area contributed by atoms with Crippen LogP contribution >= 0.6 is 23.2 Å². The molecule has 0 amide bonds. The highest BCUT2D eigenvalue weighted by Gasteiger charge is 2.21. The van der Waals surface area contributed by atoms with E-state index in [1.54, 1.807) is 36.4 Å². The van der Waals surface area contributed by atoms with E-state index in [2.05, 4.69) is 20.0 Å². The third kappa shape index (κ3) is 6.41. The van der Waals surface area contributed by atoms with Gasteiger partial charge >= 0.3 is 0 Å². The fourth-order valence-electron chi connectivity index (χ4n) is 3.08. The third-order valence-corrected chi connectivity index (χ3v) is 6.96. The van der Waals surface area contributed by atoms with E-state index < -0.39 is 22.7 Å². The topological polar surface area (TPSA) is 124 Å². The minimum absolute atomic E-state index is 0.0154. The van der Waals surface area contributed by atoms with Crippen molar-refractivity contribution in [1.82, 2.24) is 14.7 Å². The third-order valence-electron chi connectivity index (χ3n) is 4.96. The molecule has 11 heteroatoms. The molecule has 0 saturated heterocycles. The molecule has 0 spiro atoms. The quantitative estimate of drug-likeness (QED) is 0.328. The van der Waals surface area contributed by atoms with Crippen LogP contribution in [0.15, 0.2) is 59.6 Å². The molecule has 0 saturated carbocycles. The van der Waals surface area contributed by atoms with Gasteiger partial charge in [-0.25, -0.2) is 23.1 Å². The lowest BCUT2D eigenvalue weighted by molar-refractivity contribution is 0.259. The number of hydrogen-bond acceptors (Lipinski definition) is 7. The van der Waals surface area contributed by atoms with Crippen molar-refractivity contribution in [2.75, 3.05) is 18.5 Å². The van der Waals surface area contributed by atoms with Crippen LogP contribution in [0.3, 0.4) is 0 Å². The summed E-state index contributed by atoms with van der Waals surface area (Å²) in [5, 5.41) is 22.8. The van der Waals surface area contributed by atoms with Gasteiger partial charge in [-0.15, -0.1) is 0 Å². The molecule has 0 bridgehead atoms. The first-order valence-corrected chi connectivity index (χ1v) is 12.4. The van der Waals surface area contributed by atoms with Gasteiger partial charge in [-0.3, -0.25) is 0 Å². The highest BCUT2D eigenvalue weighted by atomic mass is 35.5. The van der Waals surface area contributed by atoms with Crippen LogP contribution in [0.5, 0.6) is 0 Å². The number of nitrogens with one attached hydrogen (secondary N) is 2. The van der Waals surface area contributed by atoms with E-state index >= 15 is 0 Å². The Hall–Kier alpha value is -2.27. The maximum atomic E-state index is 12.9. The zero-order valence-corrected chi connectivity index (χ0v) is 20.1. The van der Waals surface area contributed by atoms with E-state index in [0.29, 0.717) is 39.2 Å². The molecule has 2 atom stereocenters. The number of hydrogen-bond donors (Lipinski definition) is 4. The van der Waals surface area contributed by atoms with E-state index in [1.165, 1.54) is 18.3 Å². The van der Waals surface area contributed by atoms with Crippen molar-refractivity contribution in [3.8, 4) is 11.3 Å². The summed E-state index contributed by atoms with van der Waals surface area (Å²) >= 11 is 12.2. The zero-order chi connectivity index (χ0) is 24.0. The van der Waals surface area contributed by atoms with Crippen LogP contribution < -0.4 is 10.0 Å². The molecule has 8 nitrogen and oxygen atoms in total. The van der Waals surface area contributed by atoms with Crippen LogP contribution in [-0.2, 0) is 10.0 Å². The van der Waals surface area contributed by atoms with E-state index in [0.717, 1.165) is 0 Å². The van der Waals surface area contributed by atoms with Gasteiger partial charge in [0.05, 0.1) is 47.1 Å². The van der Waals surface area contributed by atoms with Crippen LogP contribution in [0.2, 0.25) is 10.0 Å². The van der Waals surface area contributed by atoms with Gasteiger partial charge in [-0.05, 0) is 36.2 Å². The number of nitrogens with zero attached hydrogens (tertiary/aromatic N) is 2. The second-order valence-corrected chi connectivity index (χ2v) is 9.82. The predicted molar refractivity (Wildman–Crippen MR) is 129 cm³/mol. The van der Waals surface area contributed by atoms with E-state index in [4.69, 9.17) is 23.2 Å². The van der Waals surface area contributed by atoms with Gasteiger partial charge in [0.2, 0.25) is 16.0 Å². The van der Waals surface area contributed by atoms with Crippen molar-refractivity contribution in [3.05, 3.63) is 70.3 Å². The molecule has 0 aliphatic heterocycles. The van der Waals surface area contributed by atoms with Crippen LogP contribution in [0, 0.1) is 0 Å². The SMILES string of the molecule is CCC(CO)Nc1ncc(Cl)c(-c2ccc(S(=O)(=O)NC(CO)c3cccc(Cl)c3)cc2)n1. The van der Waals surface area contributed by atoms with Crippen LogP contribution in [0.4, 0.5) is 5.95 Å². The van der Waals surface area contributed by atoms with E-state index in [9.17, 15) is 18.6 Å². The van der Waals surface area contributed by atoms with Crippen molar-refractivity contribution in [1.29, 1.82) is 0 Å². The Morgan fingerprint density at radius 2 is 1.79 bits per heavy atom. The molecule has 2 aromatic carbocycles. The van der Waals surface area contributed by atoms with Gasteiger partial charge in [0, 0.05) is 10.6 Å². The smallest absolute Gasteiger partial charge is 0.241 e. The molecule has 0 aliphatic rings. The fraction of sp³-hybridized carbons (Fsp3) is 0.273.